The molecule has 4 rings (SSSR count). The van der Waals surface area contributed by atoms with Crippen molar-refractivity contribution in [3.63, 3.8) is 0 Å². The van der Waals surface area contributed by atoms with Crippen LogP contribution in [0.25, 0.3) is 16.2 Å². The highest BCUT2D eigenvalue weighted by Crippen LogP contribution is 2.37. The first kappa shape index (κ1) is 30.4. The highest BCUT2D eigenvalue weighted by molar-refractivity contribution is 7.18. The Morgan fingerprint density at radius 1 is 1.05 bits per heavy atom. The van der Waals surface area contributed by atoms with Gasteiger partial charge >= 0.3 is 12.0 Å². The maximum absolute atomic E-state index is 12.9. The van der Waals surface area contributed by atoms with E-state index in [4.69, 9.17) is 23.2 Å². The summed E-state index contributed by atoms with van der Waals surface area (Å²) in [6.07, 6.45) is 3.73. The molecule has 1 unspecified atom stereocenters. The molecule has 4 amide bonds. The first-order chi connectivity index (χ1) is 19.7. The van der Waals surface area contributed by atoms with Gasteiger partial charge in [-0.15, -0.1) is 11.3 Å². The lowest BCUT2D eigenvalue weighted by Gasteiger charge is -2.32. The minimum Gasteiger partial charge on any atom is -0.481 e. The zero-order chi connectivity index (χ0) is 29.4. The molecule has 0 bridgehead atoms. The van der Waals surface area contributed by atoms with Crippen LogP contribution in [0.15, 0.2) is 53.9 Å². The molecule has 3 aromatic rings. The fourth-order valence-corrected chi connectivity index (χ4v) is 5.98. The van der Waals surface area contributed by atoms with Crippen molar-refractivity contribution >= 4 is 74.5 Å². The summed E-state index contributed by atoms with van der Waals surface area (Å²) in [5.74, 6) is -2.70. The van der Waals surface area contributed by atoms with Gasteiger partial charge in [0.05, 0.1) is 27.1 Å². The maximum atomic E-state index is 12.9. The summed E-state index contributed by atoms with van der Waals surface area (Å²) < 4.78 is 0.900. The molecule has 1 aliphatic rings. The van der Waals surface area contributed by atoms with E-state index in [0.717, 1.165) is 15.6 Å². The Labute approximate surface area is 251 Å². The summed E-state index contributed by atoms with van der Waals surface area (Å²) in [5.41, 5.74) is 1.57. The Bertz CT molecular complexity index is 1440. The Balaban J connectivity index is 1.24. The number of halogens is 2. The van der Waals surface area contributed by atoms with Gasteiger partial charge in [-0.25, -0.2) is 4.79 Å². The molecule has 2 aromatic carbocycles. The molecule has 41 heavy (non-hydrogen) atoms. The average molecular weight is 618 g/mol. The minimum atomic E-state index is -1.14. The Kier molecular flexibility index (Phi) is 10.6. The third kappa shape index (κ3) is 8.45. The van der Waals surface area contributed by atoms with E-state index in [1.165, 1.54) is 17.4 Å². The van der Waals surface area contributed by atoms with Crippen LogP contribution in [0.3, 0.4) is 0 Å². The molecule has 9 nitrogen and oxygen atoms in total. The van der Waals surface area contributed by atoms with E-state index in [9.17, 15) is 24.3 Å². The van der Waals surface area contributed by atoms with Crippen molar-refractivity contribution in [2.45, 2.75) is 31.8 Å². The number of piperidine rings is 1. The average Bonchev–Trinajstić information content (AvgIpc) is 3.44. The van der Waals surface area contributed by atoms with E-state index in [2.05, 4.69) is 16.0 Å². The number of carboxylic acid groups (broad SMARTS) is 1. The summed E-state index contributed by atoms with van der Waals surface area (Å²) in [6, 6.07) is 12.5. The van der Waals surface area contributed by atoms with Gasteiger partial charge in [0.1, 0.15) is 0 Å². The Morgan fingerprint density at radius 3 is 2.49 bits per heavy atom. The molecular formula is C29H30Cl2N4O5S. The van der Waals surface area contributed by atoms with E-state index in [0.29, 0.717) is 48.1 Å². The molecule has 1 aliphatic heterocycles. The molecule has 1 aromatic heterocycles. The number of benzene rings is 2. The van der Waals surface area contributed by atoms with Gasteiger partial charge in [-0.3, -0.25) is 14.4 Å². The number of hydrogen-bond donors (Lipinski definition) is 4. The van der Waals surface area contributed by atoms with Crippen LogP contribution in [0.1, 0.15) is 30.4 Å². The number of nitrogens with zero attached hydrogens (tertiary/aromatic N) is 1. The van der Waals surface area contributed by atoms with E-state index in [1.54, 1.807) is 11.0 Å². The lowest BCUT2D eigenvalue weighted by atomic mass is 10.0. The van der Waals surface area contributed by atoms with Gasteiger partial charge in [0.25, 0.3) is 0 Å². The van der Waals surface area contributed by atoms with Crippen molar-refractivity contribution in [1.82, 2.24) is 20.9 Å². The number of carboxylic acids is 1. The predicted molar refractivity (Wildman–Crippen MR) is 161 cm³/mol. The van der Waals surface area contributed by atoms with Crippen molar-refractivity contribution in [1.29, 1.82) is 0 Å². The number of urea groups is 1. The van der Waals surface area contributed by atoms with Crippen molar-refractivity contribution < 1.29 is 24.3 Å². The quantitative estimate of drug-likeness (QED) is 0.240. The number of thiophene rings is 1. The number of carbonyl (C=O) groups is 4. The summed E-state index contributed by atoms with van der Waals surface area (Å²) in [4.78, 5) is 50.9. The molecule has 0 radical (unpaired) electrons. The summed E-state index contributed by atoms with van der Waals surface area (Å²) in [7, 11) is 0. The molecule has 216 valence electrons. The second kappa shape index (κ2) is 14.3. The monoisotopic (exact) mass is 616 g/mol. The maximum Gasteiger partial charge on any atom is 0.315 e. The van der Waals surface area contributed by atoms with E-state index in [1.807, 2.05) is 47.8 Å². The SMILES string of the molecule is O=C(O)CC(CNC(=O)NCc1ccccc1)C(=O)NC1CCN(C(=O)C=Cc2cc3ccsc3c(Cl)c2Cl)CC1. The van der Waals surface area contributed by atoms with E-state index in [-0.39, 0.29) is 18.5 Å². The predicted octanol–water partition coefficient (Wildman–Crippen LogP) is 4.92. The zero-order valence-electron chi connectivity index (χ0n) is 22.1. The number of hydrogen-bond acceptors (Lipinski definition) is 5. The number of carbonyl (C=O) groups excluding carboxylic acids is 3. The van der Waals surface area contributed by atoms with Crippen molar-refractivity contribution in [2.75, 3.05) is 19.6 Å². The third-order valence-corrected chi connectivity index (χ3v) is 8.75. The van der Waals surface area contributed by atoms with Crippen LogP contribution in [0.4, 0.5) is 4.79 Å². The van der Waals surface area contributed by atoms with Crippen molar-refractivity contribution in [3.8, 4) is 0 Å². The fourth-order valence-electron chi connectivity index (χ4n) is 4.54. The standard InChI is InChI=1S/C29H30Cl2N4O5S/c30-25-19(14-20-10-13-41-27(20)26(25)31)6-7-23(36)35-11-8-22(9-12-35)34-28(39)21(15-24(37)38)17-33-29(40)32-16-18-4-2-1-3-5-18/h1-7,10,13-14,21-22H,8-9,11-12,15-17H2,(H,34,39)(H,37,38)(H2,32,33,40). The number of aliphatic carboxylic acids is 1. The highest BCUT2D eigenvalue weighted by Gasteiger charge is 2.27. The summed E-state index contributed by atoms with van der Waals surface area (Å²) >= 11 is 14.3. The van der Waals surface area contributed by atoms with Gasteiger partial charge in [0, 0.05) is 38.3 Å². The summed E-state index contributed by atoms with van der Waals surface area (Å²) in [6.45, 7) is 1.04. The van der Waals surface area contributed by atoms with Crippen LogP contribution in [0.2, 0.25) is 10.0 Å². The topological polar surface area (TPSA) is 128 Å². The zero-order valence-corrected chi connectivity index (χ0v) is 24.4. The third-order valence-electron chi connectivity index (χ3n) is 6.81. The van der Waals surface area contributed by atoms with Crippen LogP contribution in [-0.2, 0) is 20.9 Å². The van der Waals surface area contributed by atoms with Crippen LogP contribution in [-0.4, -0.2) is 59.5 Å². The number of fused-ring (bicyclic) bond motifs is 1. The van der Waals surface area contributed by atoms with Crippen molar-refractivity contribution in [2.24, 2.45) is 5.92 Å². The Hall–Kier alpha value is -3.60. The number of likely N-dealkylation sites (tertiary alicyclic amines) is 1. The second-order valence-corrected chi connectivity index (χ2v) is 11.4. The van der Waals surface area contributed by atoms with E-state index >= 15 is 0 Å². The molecule has 12 heteroatoms. The van der Waals surface area contributed by atoms with Crippen LogP contribution in [0, 0.1) is 5.92 Å². The van der Waals surface area contributed by atoms with Gasteiger partial charge in [0.15, 0.2) is 0 Å². The van der Waals surface area contributed by atoms with E-state index < -0.39 is 30.2 Å². The number of rotatable bonds is 10. The summed E-state index contributed by atoms with van der Waals surface area (Å²) in [5, 5.41) is 21.2. The van der Waals surface area contributed by atoms with Gasteiger partial charge in [-0.1, -0.05) is 53.5 Å². The van der Waals surface area contributed by atoms with Gasteiger partial charge in [0.2, 0.25) is 11.8 Å². The Morgan fingerprint density at radius 2 is 1.78 bits per heavy atom. The second-order valence-electron chi connectivity index (χ2n) is 9.72. The number of nitrogens with one attached hydrogen (secondary N) is 3. The molecule has 1 fully saturated rings. The van der Waals surface area contributed by atoms with Crippen LogP contribution in [0.5, 0.6) is 0 Å². The largest absolute Gasteiger partial charge is 0.481 e. The molecule has 0 spiro atoms. The van der Waals surface area contributed by atoms with Crippen LogP contribution >= 0.6 is 34.5 Å². The van der Waals surface area contributed by atoms with Crippen molar-refractivity contribution in [3.05, 3.63) is 75.1 Å². The molecule has 4 N–H and O–H groups in total. The first-order valence-electron chi connectivity index (χ1n) is 13.1. The minimum absolute atomic E-state index is 0.120. The lowest BCUT2D eigenvalue weighted by Crippen LogP contribution is -2.49. The van der Waals surface area contributed by atoms with Gasteiger partial charge < -0.3 is 26.0 Å². The van der Waals surface area contributed by atoms with Gasteiger partial charge in [-0.05, 0) is 52.9 Å². The molecular weight excluding hydrogens is 587 g/mol. The highest BCUT2D eigenvalue weighted by atomic mass is 35.5. The van der Waals surface area contributed by atoms with Crippen LogP contribution < -0.4 is 16.0 Å². The first-order valence-corrected chi connectivity index (χ1v) is 14.7. The molecule has 0 saturated carbocycles. The normalized spacial score (nSPS) is 14.6. The fraction of sp³-hybridized carbons (Fsp3) is 0.310. The number of amides is 4. The molecule has 1 saturated heterocycles. The molecule has 2 heterocycles. The van der Waals surface area contributed by atoms with Gasteiger partial charge in [-0.2, -0.15) is 0 Å². The molecule has 1 atom stereocenters. The smallest absolute Gasteiger partial charge is 0.315 e. The molecule has 0 aliphatic carbocycles. The lowest BCUT2D eigenvalue weighted by molar-refractivity contribution is -0.141.